The van der Waals surface area contributed by atoms with E-state index in [0.717, 1.165) is 10.0 Å². The van der Waals surface area contributed by atoms with E-state index >= 15 is 0 Å². The van der Waals surface area contributed by atoms with Crippen molar-refractivity contribution in [3.05, 3.63) is 54.8 Å². The topological polar surface area (TPSA) is 17.1 Å². The predicted molar refractivity (Wildman–Crippen MR) is 74.2 cm³/mol. The quantitative estimate of drug-likeness (QED) is 0.699. The molecule has 0 spiro atoms. The molecule has 1 aromatic carbocycles. The Morgan fingerprint density at radius 1 is 1.24 bits per heavy atom. The Bertz CT molecular complexity index is 565. The second-order valence-corrected chi connectivity index (χ2v) is 6.07. The van der Waals surface area contributed by atoms with Crippen LogP contribution in [0, 0.1) is 5.82 Å². The van der Waals surface area contributed by atoms with Crippen LogP contribution >= 0.6 is 43.2 Å². The maximum absolute atomic E-state index is 13.0. The Morgan fingerprint density at radius 3 is 2.59 bits per heavy atom. The van der Waals surface area contributed by atoms with E-state index in [-0.39, 0.29) is 18.0 Å². The van der Waals surface area contributed by atoms with E-state index in [9.17, 15) is 9.18 Å². The summed E-state index contributed by atoms with van der Waals surface area (Å²) in [4.78, 5) is 12.7. The van der Waals surface area contributed by atoms with E-state index in [4.69, 9.17) is 0 Å². The summed E-state index contributed by atoms with van der Waals surface area (Å²) in [6, 6.07) is 6.46. The molecule has 0 saturated carbocycles. The molecule has 2 aromatic rings. The van der Waals surface area contributed by atoms with E-state index < -0.39 is 0 Å². The van der Waals surface area contributed by atoms with Crippen LogP contribution in [-0.4, -0.2) is 5.78 Å². The molecule has 0 N–H and O–H groups in total. The van der Waals surface area contributed by atoms with Crippen molar-refractivity contribution in [1.29, 1.82) is 0 Å². The first-order chi connectivity index (χ1) is 8.08. The SMILES string of the molecule is O=C(Cc1ccc(F)c(Br)c1)c1sccc1Br. The summed E-state index contributed by atoms with van der Waals surface area (Å²) < 4.78 is 14.2. The molecular weight excluding hydrogens is 371 g/mol. The first-order valence-electron chi connectivity index (χ1n) is 4.78. The molecule has 0 atom stereocenters. The minimum atomic E-state index is -0.321. The van der Waals surface area contributed by atoms with Crippen LogP contribution in [0.15, 0.2) is 38.6 Å². The fourth-order valence-corrected chi connectivity index (χ4v) is 3.37. The van der Waals surface area contributed by atoms with Gasteiger partial charge in [0.05, 0.1) is 9.35 Å². The molecule has 0 radical (unpaired) electrons. The normalized spacial score (nSPS) is 10.5. The maximum Gasteiger partial charge on any atom is 0.178 e. The van der Waals surface area contributed by atoms with Crippen molar-refractivity contribution in [2.45, 2.75) is 6.42 Å². The summed E-state index contributed by atoms with van der Waals surface area (Å²) in [5.41, 5.74) is 0.795. The van der Waals surface area contributed by atoms with Crippen molar-refractivity contribution in [2.24, 2.45) is 0 Å². The fraction of sp³-hybridized carbons (Fsp3) is 0.0833. The monoisotopic (exact) mass is 376 g/mol. The average molecular weight is 378 g/mol. The molecule has 0 aliphatic carbocycles. The highest BCUT2D eigenvalue weighted by atomic mass is 79.9. The van der Waals surface area contributed by atoms with Gasteiger partial charge in [0.25, 0.3) is 0 Å². The van der Waals surface area contributed by atoms with Crippen LogP contribution in [0.25, 0.3) is 0 Å². The number of halogens is 3. The molecule has 0 bridgehead atoms. The van der Waals surface area contributed by atoms with Crippen molar-refractivity contribution in [3.8, 4) is 0 Å². The molecule has 0 aliphatic rings. The third-order valence-corrected chi connectivity index (χ3v) is 4.71. The lowest BCUT2D eigenvalue weighted by molar-refractivity contribution is 0.0996. The molecule has 0 saturated heterocycles. The Labute approximate surface area is 119 Å². The Kier molecular flexibility index (Phi) is 4.12. The molecular formula is C12H7Br2FOS. The summed E-state index contributed by atoms with van der Waals surface area (Å²) in [7, 11) is 0. The lowest BCUT2D eigenvalue weighted by atomic mass is 10.1. The highest BCUT2D eigenvalue weighted by Crippen LogP contribution is 2.25. The summed E-state index contributed by atoms with van der Waals surface area (Å²) in [5.74, 6) is -0.288. The number of benzene rings is 1. The van der Waals surface area contributed by atoms with Crippen LogP contribution in [0.4, 0.5) is 4.39 Å². The maximum atomic E-state index is 13.0. The van der Waals surface area contributed by atoms with Crippen LogP contribution in [-0.2, 0) is 6.42 Å². The van der Waals surface area contributed by atoms with E-state index in [1.54, 1.807) is 12.1 Å². The van der Waals surface area contributed by atoms with Gasteiger partial charge in [0.15, 0.2) is 5.78 Å². The minimum Gasteiger partial charge on any atom is -0.293 e. The number of Topliss-reactive ketones (excluding diaryl/α,β-unsaturated/α-hetero) is 1. The minimum absolute atomic E-state index is 0.0328. The van der Waals surface area contributed by atoms with Crippen molar-refractivity contribution in [3.63, 3.8) is 0 Å². The summed E-state index contributed by atoms with van der Waals surface area (Å²) in [6.07, 6.45) is 0.276. The van der Waals surface area contributed by atoms with E-state index in [1.807, 2.05) is 11.4 Å². The van der Waals surface area contributed by atoms with Gasteiger partial charge in [-0.1, -0.05) is 6.07 Å². The number of hydrogen-bond acceptors (Lipinski definition) is 2. The molecule has 17 heavy (non-hydrogen) atoms. The van der Waals surface area contributed by atoms with Gasteiger partial charge in [-0.05, 0) is 61.0 Å². The summed E-state index contributed by atoms with van der Waals surface area (Å²) in [5, 5.41) is 1.86. The molecule has 1 nitrogen and oxygen atoms in total. The third kappa shape index (κ3) is 3.03. The Balaban J connectivity index is 2.19. The van der Waals surface area contributed by atoms with E-state index in [2.05, 4.69) is 31.9 Å². The van der Waals surface area contributed by atoms with Crippen molar-refractivity contribution < 1.29 is 9.18 Å². The molecule has 88 valence electrons. The molecule has 0 aliphatic heterocycles. The summed E-state index contributed by atoms with van der Waals surface area (Å²) >= 11 is 7.83. The smallest absolute Gasteiger partial charge is 0.178 e. The van der Waals surface area contributed by atoms with Gasteiger partial charge in [-0.2, -0.15) is 0 Å². The Hall–Kier alpha value is -0.520. The van der Waals surface area contributed by atoms with Crippen LogP contribution in [0.5, 0.6) is 0 Å². The van der Waals surface area contributed by atoms with E-state index in [0.29, 0.717) is 9.35 Å². The molecule has 1 aromatic heterocycles. The molecule has 2 rings (SSSR count). The number of thiophene rings is 1. The zero-order valence-corrected chi connectivity index (χ0v) is 12.5. The van der Waals surface area contributed by atoms with Gasteiger partial charge in [0, 0.05) is 10.9 Å². The number of carbonyl (C=O) groups excluding carboxylic acids is 1. The Morgan fingerprint density at radius 2 is 2.00 bits per heavy atom. The molecule has 0 unspecified atom stereocenters. The van der Waals surface area contributed by atoms with Crippen LogP contribution in [0.2, 0.25) is 0 Å². The second-order valence-electron chi connectivity index (χ2n) is 3.45. The van der Waals surface area contributed by atoms with Gasteiger partial charge < -0.3 is 0 Å². The molecule has 5 heteroatoms. The third-order valence-electron chi connectivity index (χ3n) is 2.22. The van der Waals surface area contributed by atoms with Crippen molar-refractivity contribution in [1.82, 2.24) is 0 Å². The van der Waals surface area contributed by atoms with Crippen LogP contribution in [0.1, 0.15) is 15.2 Å². The first kappa shape index (κ1) is 12.9. The fourth-order valence-electron chi connectivity index (χ4n) is 1.41. The lowest BCUT2D eigenvalue weighted by Gasteiger charge is -2.02. The lowest BCUT2D eigenvalue weighted by Crippen LogP contribution is -2.02. The molecule has 0 amide bonds. The second kappa shape index (κ2) is 5.42. The highest BCUT2D eigenvalue weighted by Gasteiger charge is 2.12. The zero-order chi connectivity index (χ0) is 12.4. The molecule has 1 heterocycles. The van der Waals surface area contributed by atoms with Gasteiger partial charge in [0.1, 0.15) is 5.82 Å². The number of carbonyl (C=O) groups is 1. The molecule has 0 fully saturated rings. The standard InChI is InChI=1S/C12H7Br2FOS/c13-8-3-4-17-12(8)11(16)6-7-1-2-10(15)9(14)5-7/h1-5H,6H2. The van der Waals surface area contributed by atoms with E-state index in [1.165, 1.54) is 17.4 Å². The number of hydrogen-bond donors (Lipinski definition) is 0. The van der Waals surface area contributed by atoms with Crippen LogP contribution in [0.3, 0.4) is 0 Å². The predicted octanol–water partition coefficient (Wildman–Crippen LogP) is 4.84. The van der Waals surface area contributed by atoms with Gasteiger partial charge in [-0.3, -0.25) is 4.79 Å². The van der Waals surface area contributed by atoms with Crippen molar-refractivity contribution in [2.75, 3.05) is 0 Å². The van der Waals surface area contributed by atoms with Crippen molar-refractivity contribution >= 4 is 49.0 Å². The first-order valence-corrected chi connectivity index (χ1v) is 7.24. The largest absolute Gasteiger partial charge is 0.293 e. The zero-order valence-electron chi connectivity index (χ0n) is 8.54. The van der Waals surface area contributed by atoms with Gasteiger partial charge in [-0.25, -0.2) is 4.39 Å². The number of rotatable bonds is 3. The van der Waals surface area contributed by atoms with Gasteiger partial charge >= 0.3 is 0 Å². The van der Waals surface area contributed by atoms with Crippen LogP contribution < -0.4 is 0 Å². The summed E-state index contributed by atoms with van der Waals surface area (Å²) in [6.45, 7) is 0. The average Bonchev–Trinajstić information content (AvgIpc) is 2.70. The van der Waals surface area contributed by atoms with Gasteiger partial charge in [-0.15, -0.1) is 11.3 Å². The number of ketones is 1. The highest BCUT2D eigenvalue weighted by molar-refractivity contribution is 9.10. The van der Waals surface area contributed by atoms with Gasteiger partial charge in [0.2, 0.25) is 0 Å².